The van der Waals surface area contributed by atoms with Crippen LogP contribution in [-0.2, 0) is 19.1 Å². The predicted octanol–water partition coefficient (Wildman–Crippen LogP) is -0.136. The normalized spacial score (nSPS) is 15.3. The van der Waals surface area contributed by atoms with Gasteiger partial charge in [-0.1, -0.05) is 6.07 Å². The largest absolute Gasteiger partial charge is 0.463 e. The van der Waals surface area contributed by atoms with E-state index in [0.29, 0.717) is 4.90 Å². The van der Waals surface area contributed by atoms with Gasteiger partial charge in [-0.2, -0.15) is 0 Å². The van der Waals surface area contributed by atoms with Gasteiger partial charge in [0.2, 0.25) is 0 Å². The molecule has 2 aliphatic heterocycles. The van der Waals surface area contributed by atoms with E-state index in [2.05, 4.69) is 10.6 Å². The van der Waals surface area contributed by atoms with Gasteiger partial charge in [0.05, 0.1) is 34.9 Å². The Kier molecular flexibility index (Phi) is 5.95. The smallest absolute Gasteiger partial charge is 0.337 e. The van der Waals surface area contributed by atoms with Gasteiger partial charge in [0.1, 0.15) is 18.7 Å². The highest BCUT2D eigenvalue weighted by molar-refractivity contribution is 6.24. The SMILES string of the molecule is CCOC(=O)C1=C(COC(=O)CN2C(=O)c3cccc([N+](=O)[O-])c3C2=O)NC(=O)NC1. The Morgan fingerprint density at radius 1 is 1.19 bits per heavy atom. The molecule has 0 spiro atoms. The van der Waals surface area contributed by atoms with E-state index in [9.17, 15) is 34.1 Å². The Hall–Kier alpha value is -4.29. The van der Waals surface area contributed by atoms with E-state index in [0.717, 1.165) is 6.07 Å². The fourth-order valence-corrected chi connectivity index (χ4v) is 3.01. The minimum absolute atomic E-state index is 0.00597. The van der Waals surface area contributed by atoms with E-state index < -0.39 is 59.1 Å². The maximum Gasteiger partial charge on any atom is 0.337 e. The molecule has 0 saturated heterocycles. The van der Waals surface area contributed by atoms with E-state index >= 15 is 0 Å². The molecular formula is C18H16N4O9. The molecule has 1 aromatic rings. The summed E-state index contributed by atoms with van der Waals surface area (Å²) in [5.41, 5.74) is -1.10. The van der Waals surface area contributed by atoms with Crippen molar-refractivity contribution in [3.8, 4) is 0 Å². The number of ether oxygens (including phenoxy) is 2. The van der Waals surface area contributed by atoms with E-state index in [-0.39, 0.29) is 30.0 Å². The van der Waals surface area contributed by atoms with Crippen molar-refractivity contribution in [3.63, 3.8) is 0 Å². The summed E-state index contributed by atoms with van der Waals surface area (Å²) in [5, 5.41) is 15.8. The van der Waals surface area contributed by atoms with E-state index in [1.54, 1.807) is 6.92 Å². The molecule has 2 aliphatic rings. The quantitative estimate of drug-likeness (QED) is 0.257. The van der Waals surface area contributed by atoms with Crippen LogP contribution in [0.2, 0.25) is 0 Å². The summed E-state index contributed by atoms with van der Waals surface area (Å²) >= 11 is 0. The van der Waals surface area contributed by atoms with Crippen molar-refractivity contribution in [3.05, 3.63) is 50.7 Å². The lowest BCUT2D eigenvalue weighted by Gasteiger charge is -2.21. The van der Waals surface area contributed by atoms with Crippen molar-refractivity contribution in [2.24, 2.45) is 0 Å². The van der Waals surface area contributed by atoms with E-state index in [1.165, 1.54) is 12.1 Å². The Balaban J connectivity index is 1.71. The third kappa shape index (κ3) is 4.19. The molecule has 31 heavy (non-hydrogen) atoms. The number of fused-ring (bicyclic) bond motifs is 1. The van der Waals surface area contributed by atoms with Crippen LogP contribution in [0.5, 0.6) is 0 Å². The zero-order chi connectivity index (χ0) is 22.7. The van der Waals surface area contributed by atoms with Crippen molar-refractivity contribution in [1.82, 2.24) is 15.5 Å². The summed E-state index contributed by atoms with van der Waals surface area (Å²) in [5.74, 6) is -3.61. The number of benzene rings is 1. The zero-order valence-electron chi connectivity index (χ0n) is 16.1. The molecule has 13 heteroatoms. The van der Waals surface area contributed by atoms with Gasteiger partial charge in [-0.05, 0) is 13.0 Å². The molecule has 0 unspecified atom stereocenters. The number of carbonyl (C=O) groups is 5. The van der Waals surface area contributed by atoms with Crippen LogP contribution in [0.1, 0.15) is 27.6 Å². The molecule has 2 N–H and O–H groups in total. The molecule has 3 rings (SSSR count). The third-order valence-electron chi connectivity index (χ3n) is 4.41. The summed E-state index contributed by atoms with van der Waals surface area (Å²) in [4.78, 5) is 71.5. The molecular weight excluding hydrogens is 416 g/mol. The van der Waals surface area contributed by atoms with Crippen molar-refractivity contribution in [2.45, 2.75) is 6.92 Å². The van der Waals surface area contributed by atoms with Crippen LogP contribution in [0.25, 0.3) is 0 Å². The van der Waals surface area contributed by atoms with Gasteiger partial charge in [0.15, 0.2) is 0 Å². The Labute approximate surface area is 174 Å². The minimum Gasteiger partial charge on any atom is -0.463 e. The summed E-state index contributed by atoms with van der Waals surface area (Å²) in [6, 6.07) is 2.96. The summed E-state index contributed by atoms with van der Waals surface area (Å²) < 4.78 is 9.87. The lowest BCUT2D eigenvalue weighted by molar-refractivity contribution is -0.385. The maximum atomic E-state index is 12.5. The lowest BCUT2D eigenvalue weighted by atomic mass is 10.1. The third-order valence-corrected chi connectivity index (χ3v) is 4.41. The first kappa shape index (κ1) is 21.4. The molecule has 0 aromatic heterocycles. The molecule has 0 bridgehead atoms. The molecule has 0 radical (unpaired) electrons. The molecule has 4 amide bonds. The number of imide groups is 1. The molecule has 13 nitrogen and oxygen atoms in total. The first-order valence-electron chi connectivity index (χ1n) is 8.97. The average Bonchev–Trinajstić information content (AvgIpc) is 2.97. The molecule has 0 aliphatic carbocycles. The summed E-state index contributed by atoms with van der Waals surface area (Å²) in [7, 11) is 0. The number of urea groups is 1. The number of nitrogens with zero attached hydrogens (tertiary/aromatic N) is 2. The number of nitro groups is 1. The maximum absolute atomic E-state index is 12.5. The first-order valence-corrected chi connectivity index (χ1v) is 8.97. The molecule has 2 heterocycles. The number of rotatable bonds is 7. The van der Waals surface area contributed by atoms with Gasteiger partial charge >= 0.3 is 18.0 Å². The van der Waals surface area contributed by atoms with Crippen molar-refractivity contribution >= 4 is 35.5 Å². The van der Waals surface area contributed by atoms with Gasteiger partial charge in [0, 0.05) is 6.07 Å². The fraction of sp³-hybridized carbons (Fsp3) is 0.278. The molecule has 0 atom stereocenters. The van der Waals surface area contributed by atoms with Crippen LogP contribution in [0.3, 0.4) is 0 Å². The van der Waals surface area contributed by atoms with Crippen LogP contribution in [-0.4, -0.2) is 65.9 Å². The van der Waals surface area contributed by atoms with Crippen LogP contribution in [0.15, 0.2) is 29.5 Å². The van der Waals surface area contributed by atoms with Gasteiger partial charge in [-0.3, -0.25) is 29.4 Å². The lowest BCUT2D eigenvalue weighted by Crippen LogP contribution is -2.45. The number of carbonyl (C=O) groups excluding carboxylic acids is 5. The van der Waals surface area contributed by atoms with Gasteiger partial charge < -0.3 is 20.1 Å². The average molecular weight is 432 g/mol. The second-order valence-electron chi connectivity index (χ2n) is 6.30. The first-order chi connectivity index (χ1) is 14.7. The number of hydrogen-bond donors (Lipinski definition) is 2. The monoisotopic (exact) mass is 432 g/mol. The Morgan fingerprint density at radius 2 is 1.94 bits per heavy atom. The molecule has 0 saturated carbocycles. The van der Waals surface area contributed by atoms with Gasteiger partial charge in [-0.25, -0.2) is 9.59 Å². The van der Waals surface area contributed by atoms with Crippen LogP contribution in [0.4, 0.5) is 10.5 Å². The summed E-state index contributed by atoms with van der Waals surface area (Å²) in [6.45, 7) is 0.218. The topological polar surface area (TPSA) is 174 Å². The second-order valence-corrected chi connectivity index (χ2v) is 6.30. The number of hydrogen-bond acceptors (Lipinski definition) is 9. The van der Waals surface area contributed by atoms with Crippen molar-refractivity contribution in [1.29, 1.82) is 0 Å². The van der Waals surface area contributed by atoms with Gasteiger partial charge in [0.25, 0.3) is 17.5 Å². The van der Waals surface area contributed by atoms with E-state index in [1.807, 2.05) is 0 Å². The number of esters is 2. The number of nitro benzene ring substituents is 1. The second kappa shape index (κ2) is 8.61. The Bertz CT molecular complexity index is 1050. The number of amides is 4. The highest BCUT2D eigenvalue weighted by Gasteiger charge is 2.42. The molecule has 0 fully saturated rings. The highest BCUT2D eigenvalue weighted by Crippen LogP contribution is 2.30. The predicted molar refractivity (Wildman–Crippen MR) is 99.6 cm³/mol. The van der Waals surface area contributed by atoms with E-state index in [4.69, 9.17) is 9.47 Å². The van der Waals surface area contributed by atoms with Gasteiger partial charge in [-0.15, -0.1) is 0 Å². The van der Waals surface area contributed by atoms with Crippen LogP contribution < -0.4 is 10.6 Å². The standard InChI is InChI=1S/C18H16N4O9/c1-2-30-17(26)10-6-19-18(27)20-11(10)8-31-13(23)7-21-15(24)9-4-3-5-12(22(28)29)14(9)16(21)25/h3-5H,2,6-8H2,1H3,(H2,19,20,27). The van der Waals surface area contributed by atoms with Crippen LogP contribution in [0, 0.1) is 10.1 Å². The summed E-state index contributed by atoms with van der Waals surface area (Å²) in [6.07, 6.45) is 0. The Morgan fingerprint density at radius 3 is 2.61 bits per heavy atom. The highest BCUT2D eigenvalue weighted by atomic mass is 16.6. The minimum atomic E-state index is -1.03. The van der Waals surface area contributed by atoms with Crippen molar-refractivity contribution in [2.75, 3.05) is 26.3 Å². The zero-order valence-corrected chi connectivity index (χ0v) is 16.1. The fourth-order valence-electron chi connectivity index (χ4n) is 3.01. The van der Waals surface area contributed by atoms with Crippen LogP contribution >= 0.6 is 0 Å². The van der Waals surface area contributed by atoms with Crippen molar-refractivity contribution < 1.29 is 38.4 Å². The molecule has 162 valence electrons. The molecule has 1 aromatic carbocycles. The number of nitrogens with one attached hydrogen (secondary N) is 2.